The molecule has 0 aliphatic carbocycles. The summed E-state index contributed by atoms with van der Waals surface area (Å²) in [6.07, 6.45) is 0.423. The van der Waals surface area contributed by atoms with Crippen molar-refractivity contribution in [3.63, 3.8) is 0 Å². The van der Waals surface area contributed by atoms with Crippen LogP contribution in [0.15, 0.2) is 59.1 Å². The number of thioether (sulfide) groups is 1. The zero-order valence-electron chi connectivity index (χ0n) is 15.8. The Kier molecular flexibility index (Phi) is 6.47. The minimum Gasteiger partial charge on any atom is -0.497 e. The Morgan fingerprint density at radius 2 is 2.03 bits per heavy atom. The highest BCUT2D eigenvalue weighted by atomic mass is 35.5. The van der Waals surface area contributed by atoms with Crippen molar-refractivity contribution in [2.75, 3.05) is 19.1 Å². The van der Waals surface area contributed by atoms with E-state index < -0.39 is 11.2 Å². The van der Waals surface area contributed by atoms with Crippen molar-refractivity contribution >= 4 is 40.9 Å². The molecular weight excluding hydrogens is 410 g/mol. The number of carbonyl (C=O) groups excluding carboxylic acids is 2. The lowest BCUT2D eigenvalue weighted by molar-refractivity contribution is -0.117. The number of anilines is 1. The number of benzene rings is 2. The molecule has 1 unspecified atom stereocenters. The molecule has 6 nitrogen and oxygen atoms in total. The van der Waals surface area contributed by atoms with Gasteiger partial charge in [0.1, 0.15) is 22.4 Å². The van der Waals surface area contributed by atoms with E-state index >= 15 is 0 Å². The van der Waals surface area contributed by atoms with Gasteiger partial charge in [0, 0.05) is 17.8 Å². The van der Waals surface area contributed by atoms with Crippen LogP contribution in [0.3, 0.4) is 0 Å². The van der Waals surface area contributed by atoms with Gasteiger partial charge in [-0.05, 0) is 48.4 Å². The average Bonchev–Trinajstić information content (AvgIpc) is 3.04. The summed E-state index contributed by atoms with van der Waals surface area (Å²) in [7, 11) is 3.00. The lowest BCUT2D eigenvalue weighted by Gasteiger charge is -2.18. The Morgan fingerprint density at radius 3 is 2.62 bits per heavy atom. The fourth-order valence-electron chi connectivity index (χ4n) is 2.96. The number of rotatable bonds is 5. The van der Waals surface area contributed by atoms with Gasteiger partial charge in [-0.15, -0.1) is 0 Å². The summed E-state index contributed by atoms with van der Waals surface area (Å²) in [5.41, 5.74) is 1.36. The number of halogens is 1. The van der Waals surface area contributed by atoms with Crippen LogP contribution in [0.5, 0.6) is 5.75 Å². The van der Waals surface area contributed by atoms with E-state index in [2.05, 4.69) is 5.32 Å². The van der Waals surface area contributed by atoms with E-state index in [9.17, 15) is 14.9 Å². The second kappa shape index (κ2) is 9.03. The fraction of sp³-hybridized carbons (Fsp3) is 0.190. The lowest BCUT2D eigenvalue weighted by atomic mass is 10.1. The smallest absolute Gasteiger partial charge is 0.264 e. The molecule has 3 rings (SSSR count). The van der Waals surface area contributed by atoms with Crippen LogP contribution in [0, 0.1) is 11.3 Å². The third-order valence-corrected chi connectivity index (χ3v) is 5.87. The lowest BCUT2D eigenvalue weighted by Crippen LogP contribution is -2.31. The molecule has 29 heavy (non-hydrogen) atoms. The molecule has 8 heteroatoms. The molecule has 1 aliphatic rings. The quantitative estimate of drug-likeness (QED) is 0.583. The summed E-state index contributed by atoms with van der Waals surface area (Å²) in [5, 5.41) is 12.5. The van der Waals surface area contributed by atoms with Gasteiger partial charge in [-0.25, -0.2) is 0 Å². The summed E-state index contributed by atoms with van der Waals surface area (Å²) in [5.74, 6) is -0.0997. The molecule has 1 saturated heterocycles. The van der Waals surface area contributed by atoms with Crippen LogP contribution in [0.2, 0.25) is 5.02 Å². The summed E-state index contributed by atoms with van der Waals surface area (Å²) < 4.78 is 5.17. The van der Waals surface area contributed by atoms with Gasteiger partial charge in [-0.2, -0.15) is 5.26 Å². The van der Waals surface area contributed by atoms with Gasteiger partial charge in [0.05, 0.1) is 12.4 Å². The normalized spacial score (nSPS) is 17.7. The van der Waals surface area contributed by atoms with Gasteiger partial charge in [0.2, 0.25) is 5.91 Å². The molecule has 0 spiro atoms. The standard InChI is InChI=1S/C21H18ClN3O3S/c1-24-19(26)17(12-23)21-25(15-6-8-16(28-2)9-7-15)20(27)18(29-21)11-13-4-3-5-14(22)10-13/h3-10,18H,11H2,1-2H3,(H,24,26)/b21-17-. The van der Waals surface area contributed by atoms with E-state index in [1.54, 1.807) is 43.5 Å². The summed E-state index contributed by atoms with van der Waals surface area (Å²) >= 11 is 7.27. The van der Waals surface area contributed by atoms with Crippen LogP contribution in [0.1, 0.15) is 5.56 Å². The zero-order valence-corrected chi connectivity index (χ0v) is 17.4. The van der Waals surface area contributed by atoms with Gasteiger partial charge in [-0.1, -0.05) is 35.5 Å². The van der Waals surface area contributed by atoms with E-state index in [1.165, 1.54) is 23.7 Å². The fourth-order valence-corrected chi connectivity index (χ4v) is 4.48. The first-order valence-corrected chi connectivity index (χ1v) is 9.99. The molecule has 148 valence electrons. The van der Waals surface area contributed by atoms with Gasteiger partial charge in [-0.3, -0.25) is 14.5 Å². The molecule has 1 N–H and O–H groups in total. The molecule has 1 heterocycles. The van der Waals surface area contributed by atoms with Crippen molar-refractivity contribution in [2.24, 2.45) is 0 Å². The summed E-state index contributed by atoms with van der Waals surface area (Å²) in [4.78, 5) is 26.9. The second-order valence-electron chi connectivity index (χ2n) is 6.18. The molecule has 2 amide bonds. The molecular formula is C21H18ClN3O3S. The van der Waals surface area contributed by atoms with Crippen LogP contribution in [-0.4, -0.2) is 31.2 Å². The average molecular weight is 428 g/mol. The maximum absolute atomic E-state index is 13.3. The van der Waals surface area contributed by atoms with E-state index in [0.29, 0.717) is 27.9 Å². The first kappa shape index (κ1) is 20.8. The van der Waals surface area contributed by atoms with Crippen LogP contribution in [0.25, 0.3) is 0 Å². The van der Waals surface area contributed by atoms with Crippen molar-refractivity contribution in [1.82, 2.24) is 5.32 Å². The third-order valence-electron chi connectivity index (χ3n) is 4.37. The Bertz CT molecular complexity index is 1010. The first-order valence-electron chi connectivity index (χ1n) is 8.74. The van der Waals surface area contributed by atoms with Crippen LogP contribution < -0.4 is 15.0 Å². The summed E-state index contributed by atoms with van der Waals surface area (Å²) in [6.45, 7) is 0. The predicted octanol–water partition coefficient (Wildman–Crippen LogP) is 3.52. The minimum atomic E-state index is -0.537. The number of carbonyl (C=O) groups is 2. The number of methoxy groups -OCH3 is 1. The number of nitriles is 1. The van der Waals surface area contributed by atoms with E-state index in [4.69, 9.17) is 16.3 Å². The molecule has 0 radical (unpaired) electrons. The number of ether oxygens (including phenoxy) is 1. The second-order valence-corrected chi connectivity index (χ2v) is 7.81. The van der Waals surface area contributed by atoms with E-state index in [-0.39, 0.29) is 11.5 Å². The molecule has 1 fully saturated rings. The molecule has 1 atom stereocenters. The molecule has 2 aromatic carbocycles. The molecule has 0 bridgehead atoms. The molecule has 2 aromatic rings. The SMILES string of the molecule is CNC(=O)/C(C#N)=C1\SC(Cc2cccc(Cl)c2)C(=O)N1c1ccc(OC)cc1. The van der Waals surface area contributed by atoms with Gasteiger partial charge in [0.25, 0.3) is 5.91 Å². The summed E-state index contributed by atoms with van der Waals surface area (Å²) in [6, 6.07) is 16.1. The third kappa shape index (κ3) is 4.39. The number of likely N-dealkylation sites (N-methyl/N-ethyl adjacent to an activating group) is 1. The Labute approximate surface area is 178 Å². The van der Waals surface area contributed by atoms with Crippen LogP contribution in [0.4, 0.5) is 5.69 Å². The number of nitrogens with one attached hydrogen (secondary N) is 1. The Morgan fingerprint density at radius 1 is 1.31 bits per heavy atom. The highest BCUT2D eigenvalue weighted by Crippen LogP contribution is 2.42. The van der Waals surface area contributed by atoms with Crippen molar-refractivity contribution in [1.29, 1.82) is 5.26 Å². The number of nitrogens with zero attached hydrogens (tertiary/aromatic N) is 2. The number of hydrogen-bond donors (Lipinski definition) is 1. The Balaban J connectivity index is 2.03. The van der Waals surface area contributed by atoms with Gasteiger partial charge >= 0.3 is 0 Å². The zero-order chi connectivity index (χ0) is 21.0. The predicted molar refractivity (Wildman–Crippen MR) is 114 cm³/mol. The van der Waals surface area contributed by atoms with Crippen molar-refractivity contribution in [3.05, 3.63) is 69.7 Å². The Hall–Kier alpha value is -2.95. The first-order chi connectivity index (χ1) is 14.0. The van der Waals surface area contributed by atoms with Crippen molar-refractivity contribution in [2.45, 2.75) is 11.7 Å². The maximum Gasteiger partial charge on any atom is 0.264 e. The van der Waals surface area contributed by atoms with Crippen molar-refractivity contribution < 1.29 is 14.3 Å². The van der Waals surface area contributed by atoms with Crippen LogP contribution >= 0.6 is 23.4 Å². The maximum atomic E-state index is 13.3. The largest absolute Gasteiger partial charge is 0.497 e. The molecule has 1 aliphatic heterocycles. The highest BCUT2D eigenvalue weighted by Gasteiger charge is 2.40. The van der Waals surface area contributed by atoms with Gasteiger partial charge < -0.3 is 10.1 Å². The highest BCUT2D eigenvalue weighted by molar-refractivity contribution is 8.05. The number of amides is 2. The van der Waals surface area contributed by atoms with Crippen molar-refractivity contribution in [3.8, 4) is 11.8 Å². The van der Waals surface area contributed by atoms with E-state index in [0.717, 1.165) is 5.56 Å². The number of hydrogen-bond acceptors (Lipinski definition) is 5. The van der Waals surface area contributed by atoms with E-state index in [1.807, 2.05) is 18.2 Å². The monoisotopic (exact) mass is 427 g/mol. The van der Waals surface area contributed by atoms with Gasteiger partial charge in [0.15, 0.2) is 0 Å². The molecule has 0 saturated carbocycles. The minimum absolute atomic E-state index is 0.102. The van der Waals surface area contributed by atoms with Crippen LogP contribution in [-0.2, 0) is 16.0 Å². The molecule has 0 aromatic heterocycles. The topological polar surface area (TPSA) is 82.4 Å².